The minimum absolute atomic E-state index is 0.182. The summed E-state index contributed by atoms with van der Waals surface area (Å²) in [6, 6.07) is 0.182. The summed E-state index contributed by atoms with van der Waals surface area (Å²) < 4.78 is 5.34. The Morgan fingerprint density at radius 3 is 2.86 bits per heavy atom. The summed E-state index contributed by atoms with van der Waals surface area (Å²) in [6.45, 7) is 8.04. The Morgan fingerprint density at radius 1 is 1.57 bits per heavy atom. The van der Waals surface area contributed by atoms with Crippen molar-refractivity contribution in [3.63, 3.8) is 0 Å². The van der Waals surface area contributed by atoms with Crippen LogP contribution in [0.15, 0.2) is 0 Å². The highest BCUT2D eigenvalue weighted by atomic mass is 79.9. The van der Waals surface area contributed by atoms with Crippen molar-refractivity contribution in [3.8, 4) is 0 Å². The van der Waals surface area contributed by atoms with Crippen LogP contribution in [0.5, 0.6) is 0 Å². The molecule has 1 N–H and O–H groups in total. The van der Waals surface area contributed by atoms with E-state index in [0.29, 0.717) is 6.61 Å². The highest BCUT2D eigenvalue weighted by molar-refractivity contribution is 9.09. The maximum Gasteiger partial charge on any atom is 0.0644 e. The van der Waals surface area contributed by atoms with Crippen LogP contribution in [0.4, 0.5) is 0 Å². The van der Waals surface area contributed by atoms with Crippen LogP contribution < -0.4 is 0 Å². The van der Waals surface area contributed by atoms with E-state index in [1.165, 1.54) is 0 Å². The van der Waals surface area contributed by atoms with Gasteiger partial charge in [0.2, 0.25) is 0 Å². The Kier molecular flexibility index (Phi) is 4.83. The minimum Gasteiger partial charge on any atom is -0.395 e. The lowest BCUT2D eigenvalue weighted by molar-refractivity contribution is -0.0385. The zero-order valence-corrected chi connectivity index (χ0v) is 10.6. The third-order valence-electron chi connectivity index (χ3n) is 2.55. The molecule has 1 rings (SSSR count). The van der Waals surface area contributed by atoms with Gasteiger partial charge in [0.1, 0.15) is 0 Å². The third kappa shape index (κ3) is 3.50. The number of ether oxygens (including phenoxy) is 1. The van der Waals surface area contributed by atoms with Gasteiger partial charge >= 0.3 is 0 Å². The molecule has 0 spiro atoms. The molecule has 1 aliphatic heterocycles. The summed E-state index contributed by atoms with van der Waals surface area (Å²) in [6.07, 6.45) is 0. The fraction of sp³-hybridized carbons (Fsp3) is 1.00. The molecule has 1 unspecified atom stereocenters. The van der Waals surface area contributed by atoms with E-state index >= 15 is 0 Å². The van der Waals surface area contributed by atoms with Crippen molar-refractivity contribution in [2.75, 3.05) is 38.2 Å². The third-order valence-corrected chi connectivity index (χ3v) is 4.07. The molecule has 1 aliphatic rings. The number of aliphatic hydroxyl groups is 1. The first-order valence-electron chi connectivity index (χ1n) is 5.08. The minimum atomic E-state index is 0.182. The van der Waals surface area contributed by atoms with Crippen molar-refractivity contribution in [3.05, 3.63) is 0 Å². The van der Waals surface area contributed by atoms with E-state index < -0.39 is 0 Å². The molecule has 0 aromatic rings. The number of aliphatic hydroxyl groups excluding tert-OH is 1. The lowest BCUT2D eigenvalue weighted by atomic mass is 9.95. The Bertz CT molecular complexity index is 176. The molecule has 3 nitrogen and oxygen atoms in total. The zero-order chi connectivity index (χ0) is 10.6. The number of halogens is 1. The molecule has 0 saturated carbocycles. The Morgan fingerprint density at radius 2 is 2.29 bits per heavy atom. The fourth-order valence-corrected chi connectivity index (χ4v) is 1.83. The first kappa shape index (κ1) is 12.4. The number of nitrogens with zero attached hydrogens (tertiary/aromatic N) is 1. The van der Waals surface area contributed by atoms with Gasteiger partial charge in [-0.2, -0.15) is 0 Å². The topological polar surface area (TPSA) is 32.7 Å². The lowest BCUT2D eigenvalue weighted by Gasteiger charge is -2.39. The number of morpholine rings is 1. The average molecular weight is 266 g/mol. The van der Waals surface area contributed by atoms with Gasteiger partial charge in [-0.15, -0.1) is 0 Å². The first-order valence-corrected chi connectivity index (χ1v) is 6.20. The normalized spacial score (nSPS) is 25.3. The summed E-state index contributed by atoms with van der Waals surface area (Å²) in [4.78, 5) is 2.32. The van der Waals surface area contributed by atoms with Gasteiger partial charge in [0.15, 0.2) is 0 Å². The van der Waals surface area contributed by atoms with Gasteiger partial charge in [0, 0.05) is 18.4 Å². The maximum atomic E-state index is 9.20. The summed E-state index contributed by atoms with van der Waals surface area (Å²) in [5, 5.41) is 10.2. The van der Waals surface area contributed by atoms with Crippen LogP contribution in [-0.4, -0.2) is 54.3 Å². The van der Waals surface area contributed by atoms with Gasteiger partial charge in [-0.25, -0.2) is 0 Å². The van der Waals surface area contributed by atoms with E-state index in [0.717, 1.165) is 25.0 Å². The molecule has 84 valence electrons. The van der Waals surface area contributed by atoms with E-state index in [1.807, 2.05) is 0 Å². The number of hydrogen-bond donors (Lipinski definition) is 1. The molecule has 0 amide bonds. The summed E-state index contributed by atoms with van der Waals surface area (Å²) in [5.41, 5.74) is 0.255. The Balaban J connectivity index is 2.48. The molecular formula is C10H20BrNO2. The second kappa shape index (κ2) is 5.45. The standard InChI is InChI=1S/C10H20BrNO2/c1-10(2,7-11)8-12-3-4-14-6-9(12)5-13/h9,13H,3-8H2,1-2H3. The molecule has 0 aromatic heterocycles. The van der Waals surface area contributed by atoms with E-state index in [9.17, 15) is 5.11 Å². The summed E-state index contributed by atoms with van der Waals surface area (Å²) >= 11 is 3.52. The molecular weight excluding hydrogens is 246 g/mol. The van der Waals surface area contributed by atoms with Crippen molar-refractivity contribution in [2.45, 2.75) is 19.9 Å². The predicted molar refractivity (Wildman–Crippen MR) is 60.8 cm³/mol. The summed E-state index contributed by atoms with van der Waals surface area (Å²) in [5.74, 6) is 0. The van der Waals surface area contributed by atoms with Crippen molar-refractivity contribution in [1.82, 2.24) is 4.90 Å². The Labute approximate surface area is 94.6 Å². The molecule has 0 aliphatic carbocycles. The highest BCUT2D eigenvalue weighted by Crippen LogP contribution is 2.22. The largest absolute Gasteiger partial charge is 0.395 e. The number of rotatable bonds is 4. The van der Waals surface area contributed by atoms with E-state index in [1.54, 1.807) is 0 Å². The van der Waals surface area contributed by atoms with Crippen molar-refractivity contribution in [1.29, 1.82) is 0 Å². The van der Waals surface area contributed by atoms with Gasteiger partial charge in [-0.1, -0.05) is 29.8 Å². The maximum absolute atomic E-state index is 9.20. The van der Waals surface area contributed by atoms with Gasteiger partial charge in [0.05, 0.1) is 25.9 Å². The smallest absolute Gasteiger partial charge is 0.0644 e. The Hall–Kier alpha value is 0.360. The molecule has 0 bridgehead atoms. The molecule has 4 heteroatoms. The fourth-order valence-electron chi connectivity index (χ4n) is 1.66. The zero-order valence-electron chi connectivity index (χ0n) is 9.00. The number of hydrogen-bond acceptors (Lipinski definition) is 3. The first-order chi connectivity index (χ1) is 6.59. The molecule has 0 aromatic carbocycles. The van der Waals surface area contributed by atoms with Crippen LogP contribution in [0, 0.1) is 5.41 Å². The quantitative estimate of drug-likeness (QED) is 0.773. The van der Waals surface area contributed by atoms with Gasteiger partial charge in [-0.05, 0) is 5.41 Å². The lowest BCUT2D eigenvalue weighted by Crippen LogP contribution is -2.51. The summed E-state index contributed by atoms with van der Waals surface area (Å²) in [7, 11) is 0. The predicted octanol–water partition coefficient (Wildman–Crippen LogP) is 1.10. The molecule has 1 atom stereocenters. The van der Waals surface area contributed by atoms with E-state index in [-0.39, 0.29) is 18.1 Å². The van der Waals surface area contributed by atoms with Crippen LogP contribution in [0.3, 0.4) is 0 Å². The van der Waals surface area contributed by atoms with Gasteiger partial charge in [0.25, 0.3) is 0 Å². The molecule has 14 heavy (non-hydrogen) atoms. The van der Waals surface area contributed by atoms with Crippen molar-refractivity contribution in [2.24, 2.45) is 5.41 Å². The molecule has 1 heterocycles. The SMILES string of the molecule is CC(C)(CBr)CN1CCOCC1CO. The van der Waals surface area contributed by atoms with Crippen LogP contribution in [0.2, 0.25) is 0 Å². The van der Waals surface area contributed by atoms with Crippen molar-refractivity contribution >= 4 is 15.9 Å². The van der Waals surface area contributed by atoms with Crippen LogP contribution in [-0.2, 0) is 4.74 Å². The van der Waals surface area contributed by atoms with Gasteiger partial charge in [-0.3, -0.25) is 4.90 Å². The highest BCUT2D eigenvalue weighted by Gasteiger charge is 2.27. The van der Waals surface area contributed by atoms with Crippen LogP contribution in [0.25, 0.3) is 0 Å². The van der Waals surface area contributed by atoms with Crippen molar-refractivity contribution < 1.29 is 9.84 Å². The van der Waals surface area contributed by atoms with E-state index in [2.05, 4.69) is 34.7 Å². The van der Waals surface area contributed by atoms with Crippen LogP contribution in [0.1, 0.15) is 13.8 Å². The molecule has 1 saturated heterocycles. The molecule has 1 fully saturated rings. The van der Waals surface area contributed by atoms with Crippen LogP contribution >= 0.6 is 15.9 Å². The molecule has 0 radical (unpaired) electrons. The van der Waals surface area contributed by atoms with Gasteiger partial charge < -0.3 is 9.84 Å². The average Bonchev–Trinajstić information content (AvgIpc) is 2.18. The monoisotopic (exact) mass is 265 g/mol. The number of alkyl halides is 1. The second-order valence-electron chi connectivity index (χ2n) is 4.68. The second-order valence-corrected chi connectivity index (χ2v) is 5.24. The van der Waals surface area contributed by atoms with E-state index in [4.69, 9.17) is 4.74 Å².